The molecule has 0 aromatic heterocycles. The van der Waals surface area contributed by atoms with E-state index in [0.717, 1.165) is 45.6 Å². The number of rotatable bonds is 1. The van der Waals surface area contributed by atoms with E-state index >= 15 is 0 Å². The third kappa shape index (κ3) is 3.19. The van der Waals surface area contributed by atoms with E-state index in [1.807, 2.05) is 0 Å². The van der Waals surface area contributed by atoms with Crippen LogP contribution in [-0.2, 0) is 4.79 Å². The average Bonchev–Trinajstić information content (AvgIpc) is 2.28. The predicted molar refractivity (Wildman–Crippen MR) is 68.9 cm³/mol. The van der Waals surface area contributed by atoms with Crippen molar-refractivity contribution in [2.75, 3.05) is 39.8 Å². The highest BCUT2D eigenvalue weighted by Gasteiger charge is 2.33. The van der Waals surface area contributed by atoms with E-state index in [4.69, 9.17) is 0 Å². The minimum atomic E-state index is 0.0688. The summed E-state index contributed by atoms with van der Waals surface area (Å²) in [6.07, 6.45) is 2.05. The molecule has 17 heavy (non-hydrogen) atoms. The Hall–Kier alpha value is -0.610. The van der Waals surface area contributed by atoms with Gasteiger partial charge in [0.05, 0.1) is 0 Å². The van der Waals surface area contributed by atoms with E-state index in [0.29, 0.717) is 5.91 Å². The summed E-state index contributed by atoms with van der Waals surface area (Å²) in [4.78, 5) is 16.8. The number of hydrogen-bond donors (Lipinski definition) is 1. The van der Waals surface area contributed by atoms with E-state index < -0.39 is 0 Å². The molecule has 2 heterocycles. The normalized spacial score (nSPS) is 27.1. The van der Waals surface area contributed by atoms with Crippen molar-refractivity contribution < 1.29 is 4.79 Å². The van der Waals surface area contributed by atoms with Gasteiger partial charge >= 0.3 is 0 Å². The monoisotopic (exact) mass is 239 g/mol. The van der Waals surface area contributed by atoms with Crippen LogP contribution in [0.25, 0.3) is 0 Å². The topological polar surface area (TPSA) is 35.6 Å². The van der Waals surface area contributed by atoms with Gasteiger partial charge in [0.2, 0.25) is 5.91 Å². The molecule has 0 atom stereocenters. The highest BCUT2D eigenvalue weighted by atomic mass is 16.2. The summed E-state index contributed by atoms with van der Waals surface area (Å²) in [6.45, 7) is 9.10. The first kappa shape index (κ1) is 12.8. The van der Waals surface area contributed by atoms with Gasteiger partial charge in [0.1, 0.15) is 0 Å². The molecule has 4 heteroatoms. The van der Waals surface area contributed by atoms with E-state index in [9.17, 15) is 4.79 Å². The maximum absolute atomic E-state index is 12.4. The largest absolute Gasteiger partial charge is 0.339 e. The maximum Gasteiger partial charge on any atom is 0.225 e. The number of carbonyl (C=O) groups is 1. The van der Waals surface area contributed by atoms with Crippen molar-refractivity contribution in [3.05, 3.63) is 0 Å². The lowest BCUT2D eigenvalue weighted by Gasteiger charge is -2.41. The Balaban J connectivity index is 1.91. The van der Waals surface area contributed by atoms with Crippen LogP contribution in [0.3, 0.4) is 0 Å². The lowest BCUT2D eigenvalue weighted by atomic mass is 9.93. The smallest absolute Gasteiger partial charge is 0.225 e. The van der Waals surface area contributed by atoms with Crippen LogP contribution in [0.4, 0.5) is 0 Å². The van der Waals surface area contributed by atoms with Crippen LogP contribution in [0.2, 0.25) is 0 Å². The Bertz CT molecular complexity index is 282. The molecule has 0 aromatic rings. The van der Waals surface area contributed by atoms with E-state index in [1.54, 1.807) is 0 Å². The van der Waals surface area contributed by atoms with Crippen LogP contribution < -0.4 is 5.32 Å². The number of hydrogen-bond acceptors (Lipinski definition) is 3. The fourth-order valence-electron chi connectivity index (χ4n) is 2.84. The molecule has 0 saturated carbocycles. The van der Waals surface area contributed by atoms with Gasteiger partial charge in [-0.2, -0.15) is 0 Å². The fourth-order valence-corrected chi connectivity index (χ4v) is 2.84. The minimum Gasteiger partial charge on any atom is -0.339 e. The van der Waals surface area contributed by atoms with Gasteiger partial charge in [0, 0.05) is 31.1 Å². The van der Waals surface area contributed by atoms with Gasteiger partial charge < -0.3 is 15.1 Å². The number of nitrogens with one attached hydrogen (secondary N) is 1. The van der Waals surface area contributed by atoms with E-state index in [-0.39, 0.29) is 11.5 Å². The molecule has 0 unspecified atom stereocenters. The predicted octanol–water partition coefficient (Wildman–Crippen LogP) is 0.539. The number of likely N-dealkylation sites (tertiary alicyclic amines) is 1. The van der Waals surface area contributed by atoms with Crippen molar-refractivity contribution in [1.82, 2.24) is 15.1 Å². The molecule has 0 bridgehead atoms. The average molecular weight is 239 g/mol. The minimum absolute atomic E-state index is 0.0688. The molecule has 2 rings (SSSR count). The van der Waals surface area contributed by atoms with Crippen LogP contribution in [-0.4, -0.2) is 61.0 Å². The summed E-state index contributed by atoms with van der Waals surface area (Å²) in [7, 11) is 2.13. The number of amides is 1. The van der Waals surface area contributed by atoms with E-state index in [2.05, 4.69) is 36.0 Å². The summed E-state index contributed by atoms with van der Waals surface area (Å²) in [5.74, 6) is 0.646. The van der Waals surface area contributed by atoms with Gasteiger partial charge in [-0.05, 0) is 46.8 Å². The fraction of sp³-hybridized carbons (Fsp3) is 0.923. The number of piperazine rings is 1. The number of carbonyl (C=O) groups excluding carboxylic acids is 1. The van der Waals surface area contributed by atoms with Crippen molar-refractivity contribution in [2.24, 2.45) is 5.92 Å². The molecule has 1 N–H and O–H groups in total. The van der Waals surface area contributed by atoms with Crippen molar-refractivity contribution in [2.45, 2.75) is 32.2 Å². The summed E-state index contributed by atoms with van der Waals surface area (Å²) >= 11 is 0. The highest BCUT2D eigenvalue weighted by Crippen LogP contribution is 2.21. The molecule has 4 nitrogen and oxygen atoms in total. The van der Waals surface area contributed by atoms with Crippen LogP contribution in [0.5, 0.6) is 0 Å². The highest BCUT2D eigenvalue weighted by molar-refractivity contribution is 5.79. The molecule has 2 saturated heterocycles. The van der Waals surface area contributed by atoms with Crippen molar-refractivity contribution in [3.8, 4) is 0 Å². The van der Waals surface area contributed by atoms with Crippen LogP contribution in [0.1, 0.15) is 26.7 Å². The van der Waals surface area contributed by atoms with Gasteiger partial charge in [0.25, 0.3) is 0 Å². The summed E-state index contributed by atoms with van der Waals surface area (Å²) in [5, 5.41) is 3.45. The molecule has 1 amide bonds. The molecule has 2 aliphatic rings. The number of nitrogens with zero attached hydrogens (tertiary/aromatic N) is 2. The SMILES string of the molecule is CN1CCC(C(=O)N2CCNC(C)(C)C2)CC1. The first-order valence-electron chi connectivity index (χ1n) is 6.70. The summed E-state index contributed by atoms with van der Waals surface area (Å²) < 4.78 is 0. The maximum atomic E-state index is 12.4. The quantitative estimate of drug-likeness (QED) is 0.725. The molecule has 0 aromatic carbocycles. The van der Waals surface area contributed by atoms with Gasteiger partial charge in [-0.15, -0.1) is 0 Å². The van der Waals surface area contributed by atoms with Crippen molar-refractivity contribution in [1.29, 1.82) is 0 Å². The second-order valence-corrected chi connectivity index (χ2v) is 6.15. The Kier molecular flexibility index (Phi) is 3.73. The van der Waals surface area contributed by atoms with Crippen LogP contribution in [0.15, 0.2) is 0 Å². The van der Waals surface area contributed by atoms with Gasteiger partial charge in [0.15, 0.2) is 0 Å². The molecule has 2 fully saturated rings. The Morgan fingerprint density at radius 2 is 1.88 bits per heavy atom. The second-order valence-electron chi connectivity index (χ2n) is 6.15. The third-order valence-electron chi connectivity index (χ3n) is 3.95. The molecule has 0 aliphatic carbocycles. The lowest BCUT2D eigenvalue weighted by molar-refractivity contribution is -0.139. The van der Waals surface area contributed by atoms with Crippen LogP contribution in [0, 0.1) is 5.92 Å². The molecule has 0 spiro atoms. The van der Waals surface area contributed by atoms with Gasteiger partial charge in [-0.25, -0.2) is 0 Å². The molecular weight excluding hydrogens is 214 g/mol. The molecule has 2 aliphatic heterocycles. The zero-order valence-electron chi connectivity index (χ0n) is 11.3. The van der Waals surface area contributed by atoms with Gasteiger partial charge in [-0.3, -0.25) is 4.79 Å². The second kappa shape index (κ2) is 4.94. The zero-order valence-corrected chi connectivity index (χ0v) is 11.3. The molecule has 98 valence electrons. The summed E-state index contributed by atoms with van der Waals surface area (Å²) in [6, 6.07) is 0. The Morgan fingerprint density at radius 1 is 1.24 bits per heavy atom. The lowest BCUT2D eigenvalue weighted by Crippen LogP contribution is -2.59. The standard InChI is InChI=1S/C13H25N3O/c1-13(2)10-16(9-6-14-13)12(17)11-4-7-15(3)8-5-11/h11,14H,4-10H2,1-3H3. The van der Waals surface area contributed by atoms with Gasteiger partial charge in [-0.1, -0.05) is 0 Å². The first-order chi connectivity index (χ1) is 7.98. The zero-order chi connectivity index (χ0) is 12.5. The number of piperidine rings is 1. The third-order valence-corrected chi connectivity index (χ3v) is 3.95. The first-order valence-corrected chi connectivity index (χ1v) is 6.70. The Labute approximate surface area is 104 Å². The van der Waals surface area contributed by atoms with E-state index in [1.165, 1.54) is 0 Å². The van der Waals surface area contributed by atoms with Crippen molar-refractivity contribution in [3.63, 3.8) is 0 Å². The summed E-state index contributed by atoms with van der Waals surface area (Å²) in [5.41, 5.74) is 0.0688. The molecular formula is C13H25N3O. The Morgan fingerprint density at radius 3 is 2.47 bits per heavy atom. The van der Waals surface area contributed by atoms with Crippen molar-refractivity contribution >= 4 is 5.91 Å². The van der Waals surface area contributed by atoms with Crippen LogP contribution >= 0.6 is 0 Å². The molecule has 0 radical (unpaired) electrons.